The summed E-state index contributed by atoms with van der Waals surface area (Å²) in [5, 5.41) is 10.1. The highest BCUT2D eigenvalue weighted by atomic mass is 16.7. The Morgan fingerprint density at radius 1 is 1.31 bits per heavy atom. The Morgan fingerprint density at radius 2 is 1.88 bits per heavy atom. The van der Waals surface area contributed by atoms with E-state index in [4.69, 9.17) is 9.47 Å². The Labute approximate surface area is 95.2 Å². The number of rotatable bonds is 1. The van der Waals surface area contributed by atoms with Crippen LogP contribution in [0.2, 0.25) is 0 Å². The van der Waals surface area contributed by atoms with E-state index in [-0.39, 0.29) is 11.5 Å². The van der Waals surface area contributed by atoms with Crippen LogP contribution in [0.3, 0.4) is 0 Å². The van der Waals surface area contributed by atoms with E-state index < -0.39 is 11.2 Å². The molecular formula is C12H18O4. The summed E-state index contributed by atoms with van der Waals surface area (Å²) in [4.78, 5) is 11.5. The van der Waals surface area contributed by atoms with Crippen LogP contribution in [-0.2, 0) is 14.3 Å². The van der Waals surface area contributed by atoms with Crippen LogP contribution in [0, 0.1) is 5.41 Å². The summed E-state index contributed by atoms with van der Waals surface area (Å²) < 4.78 is 11.3. The highest BCUT2D eigenvalue weighted by Crippen LogP contribution is 2.47. The summed E-state index contributed by atoms with van der Waals surface area (Å²) in [5.74, 6) is -0.620. The molecule has 1 N–H and O–H groups in total. The molecule has 2 aliphatic rings. The number of hydrogen-bond acceptors (Lipinski definition) is 4. The van der Waals surface area contributed by atoms with Crippen LogP contribution >= 0.6 is 0 Å². The number of Topliss-reactive ketones (excluding diaryl/α,β-unsaturated/α-hetero) is 1. The molecule has 0 saturated carbocycles. The first-order valence-corrected chi connectivity index (χ1v) is 5.58. The van der Waals surface area contributed by atoms with Crippen LogP contribution in [0.4, 0.5) is 0 Å². The number of carbonyl (C=O) groups excluding carboxylic acids is 1. The van der Waals surface area contributed by atoms with Gasteiger partial charge in [-0.3, -0.25) is 4.79 Å². The Kier molecular flexibility index (Phi) is 2.59. The van der Waals surface area contributed by atoms with Gasteiger partial charge in [-0.1, -0.05) is 13.8 Å². The summed E-state index contributed by atoms with van der Waals surface area (Å²) in [6.45, 7) is 6.38. The standard InChI is InChI=1S/C12H18O4/c1-8(13)9-6-12(15-4-5-16-12)7-11(2,3)10(9)14/h14H,4-7H2,1-3H3. The van der Waals surface area contributed by atoms with E-state index in [0.717, 1.165) is 0 Å². The van der Waals surface area contributed by atoms with Crippen molar-refractivity contribution in [2.45, 2.75) is 39.4 Å². The lowest BCUT2D eigenvalue weighted by Crippen LogP contribution is -2.42. The zero-order valence-corrected chi connectivity index (χ0v) is 10.0. The Bertz CT molecular complexity index is 348. The zero-order valence-electron chi connectivity index (χ0n) is 10.0. The van der Waals surface area contributed by atoms with Crippen molar-refractivity contribution in [2.75, 3.05) is 13.2 Å². The molecule has 0 aromatic rings. The van der Waals surface area contributed by atoms with Gasteiger partial charge in [0.1, 0.15) is 5.76 Å². The fraction of sp³-hybridized carbons (Fsp3) is 0.750. The molecule has 1 aliphatic carbocycles. The second kappa shape index (κ2) is 3.57. The van der Waals surface area contributed by atoms with Crippen molar-refractivity contribution in [2.24, 2.45) is 5.41 Å². The van der Waals surface area contributed by atoms with Gasteiger partial charge in [-0.2, -0.15) is 0 Å². The maximum atomic E-state index is 11.5. The number of allylic oxidation sites excluding steroid dienone is 1. The van der Waals surface area contributed by atoms with E-state index in [1.807, 2.05) is 13.8 Å². The van der Waals surface area contributed by atoms with Crippen molar-refractivity contribution in [3.8, 4) is 0 Å². The minimum atomic E-state index is -0.698. The molecule has 1 fully saturated rings. The van der Waals surface area contributed by atoms with Gasteiger partial charge in [-0.15, -0.1) is 0 Å². The normalized spacial score (nSPS) is 27.4. The predicted octanol–water partition coefficient (Wildman–Crippen LogP) is 1.95. The maximum absolute atomic E-state index is 11.5. The topological polar surface area (TPSA) is 55.8 Å². The van der Waals surface area contributed by atoms with E-state index in [1.54, 1.807) is 0 Å². The summed E-state index contributed by atoms with van der Waals surface area (Å²) in [6.07, 6.45) is 0.945. The van der Waals surface area contributed by atoms with Crippen LogP contribution in [0.5, 0.6) is 0 Å². The van der Waals surface area contributed by atoms with Gasteiger partial charge in [0, 0.05) is 23.8 Å². The summed E-state index contributed by atoms with van der Waals surface area (Å²) in [7, 11) is 0. The number of carbonyl (C=O) groups is 1. The Hall–Kier alpha value is -0.870. The molecule has 1 saturated heterocycles. The average Bonchev–Trinajstić information content (AvgIpc) is 2.59. The van der Waals surface area contributed by atoms with Crippen molar-refractivity contribution >= 4 is 5.78 Å². The average molecular weight is 226 g/mol. The lowest BCUT2D eigenvalue weighted by Gasteiger charge is -2.40. The fourth-order valence-electron chi connectivity index (χ4n) is 2.57. The maximum Gasteiger partial charge on any atom is 0.173 e. The van der Waals surface area contributed by atoms with Gasteiger partial charge in [0.15, 0.2) is 11.6 Å². The first-order chi connectivity index (χ1) is 7.36. The molecular weight excluding hydrogens is 208 g/mol. The highest BCUT2D eigenvalue weighted by Gasteiger charge is 2.49. The minimum absolute atomic E-state index is 0.108. The van der Waals surface area contributed by atoms with E-state index in [9.17, 15) is 9.90 Å². The predicted molar refractivity (Wildman–Crippen MR) is 58.0 cm³/mol. The fourth-order valence-corrected chi connectivity index (χ4v) is 2.57. The van der Waals surface area contributed by atoms with Crippen LogP contribution in [0.1, 0.15) is 33.6 Å². The van der Waals surface area contributed by atoms with Crippen molar-refractivity contribution in [3.63, 3.8) is 0 Å². The third-order valence-electron chi connectivity index (χ3n) is 3.32. The van der Waals surface area contributed by atoms with Gasteiger partial charge in [-0.25, -0.2) is 0 Å². The lowest BCUT2D eigenvalue weighted by molar-refractivity contribution is -0.184. The Morgan fingerprint density at radius 3 is 2.38 bits per heavy atom. The SMILES string of the molecule is CC(=O)C1=C(O)C(C)(C)CC2(C1)OCCO2. The molecule has 2 rings (SSSR count). The molecule has 4 nitrogen and oxygen atoms in total. The molecule has 1 spiro atoms. The summed E-state index contributed by atoms with van der Waals surface area (Å²) in [6, 6.07) is 0. The van der Waals surface area contributed by atoms with E-state index in [2.05, 4.69) is 0 Å². The first-order valence-electron chi connectivity index (χ1n) is 5.58. The van der Waals surface area contributed by atoms with Crippen LogP contribution in [-0.4, -0.2) is 29.9 Å². The zero-order chi connectivity index (χ0) is 12.0. The molecule has 90 valence electrons. The molecule has 1 aliphatic heterocycles. The first kappa shape index (κ1) is 11.6. The smallest absolute Gasteiger partial charge is 0.173 e. The molecule has 0 unspecified atom stereocenters. The van der Waals surface area contributed by atoms with Gasteiger partial charge >= 0.3 is 0 Å². The number of aliphatic hydroxyl groups is 1. The van der Waals surface area contributed by atoms with Crippen LogP contribution in [0.15, 0.2) is 11.3 Å². The van der Waals surface area contributed by atoms with E-state index >= 15 is 0 Å². The van der Waals surface area contributed by atoms with Gasteiger partial charge < -0.3 is 14.6 Å². The highest BCUT2D eigenvalue weighted by molar-refractivity contribution is 5.94. The van der Waals surface area contributed by atoms with Gasteiger partial charge in [0.05, 0.1) is 13.2 Å². The van der Waals surface area contributed by atoms with Crippen molar-refractivity contribution in [3.05, 3.63) is 11.3 Å². The largest absolute Gasteiger partial charge is 0.511 e. The number of ether oxygens (including phenoxy) is 2. The quantitative estimate of drug-likeness (QED) is 0.742. The molecule has 4 heteroatoms. The lowest BCUT2D eigenvalue weighted by atomic mass is 9.73. The van der Waals surface area contributed by atoms with Crippen molar-refractivity contribution in [1.29, 1.82) is 0 Å². The molecule has 0 atom stereocenters. The third kappa shape index (κ3) is 1.76. The second-order valence-electron chi connectivity index (χ2n) is 5.23. The molecule has 0 aromatic carbocycles. The van der Waals surface area contributed by atoms with E-state index in [0.29, 0.717) is 31.6 Å². The molecule has 0 amide bonds. The van der Waals surface area contributed by atoms with Crippen molar-refractivity contribution < 1.29 is 19.4 Å². The van der Waals surface area contributed by atoms with Crippen LogP contribution in [0.25, 0.3) is 0 Å². The minimum Gasteiger partial charge on any atom is -0.511 e. The molecule has 16 heavy (non-hydrogen) atoms. The summed E-state index contributed by atoms with van der Waals surface area (Å²) in [5.41, 5.74) is -0.0259. The number of hydrogen-bond donors (Lipinski definition) is 1. The molecule has 0 aromatic heterocycles. The van der Waals surface area contributed by atoms with Gasteiger partial charge in [0.25, 0.3) is 0 Å². The third-order valence-corrected chi connectivity index (χ3v) is 3.32. The Balaban J connectivity index is 2.39. The summed E-state index contributed by atoms with van der Waals surface area (Å²) >= 11 is 0. The van der Waals surface area contributed by atoms with Crippen LogP contribution < -0.4 is 0 Å². The van der Waals surface area contributed by atoms with E-state index in [1.165, 1.54) is 6.92 Å². The molecule has 0 radical (unpaired) electrons. The monoisotopic (exact) mass is 226 g/mol. The number of aliphatic hydroxyl groups excluding tert-OH is 1. The molecule has 0 bridgehead atoms. The second-order valence-corrected chi connectivity index (χ2v) is 5.23. The molecule has 1 heterocycles. The van der Waals surface area contributed by atoms with Gasteiger partial charge in [-0.05, 0) is 6.92 Å². The van der Waals surface area contributed by atoms with Gasteiger partial charge in [0.2, 0.25) is 0 Å². The number of ketones is 1. The van der Waals surface area contributed by atoms with Crippen molar-refractivity contribution in [1.82, 2.24) is 0 Å².